The van der Waals surface area contributed by atoms with Crippen LogP contribution in [-0.2, 0) is 16.0 Å². The number of carbonyl (C=O) groups is 2. The summed E-state index contributed by atoms with van der Waals surface area (Å²) < 4.78 is 13.6. The van der Waals surface area contributed by atoms with Gasteiger partial charge in [-0.2, -0.15) is 0 Å². The molecule has 0 atom stereocenters. The molecule has 0 saturated carbocycles. The topological polar surface area (TPSA) is 64.7 Å². The van der Waals surface area contributed by atoms with Crippen molar-refractivity contribution >= 4 is 11.8 Å². The maximum Gasteiger partial charge on any atom is 0.234 e. The molecule has 7 heteroatoms. The van der Waals surface area contributed by atoms with Gasteiger partial charge in [-0.3, -0.25) is 19.4 Å². The molecule has 1 aliphatic heterocycles. The minimum absolute atomic E-state index is 0.0341. The Kier molecular flexibility index (Phi) is 8.38. The molecule has 1 aromatic rings. The molecule has 0 bridgehead atoms. The van der Waals surface area contributed by atoms with Crippen molar-refractivity contribution < 1.29 is 14.0 Å². The smallest absolute Gasteiger partial charge is 0.234 e. The zero-order valence-electron chi connectivity index (χ0n) is 17.3. The van der Waals surface area contributed by atoms with Gasteiger partial charge in [0.2, 0.25) is 11.8 Å². The number of carbonyl (C=O) groups excluding carboxylic acids is 2. The lowest BCUT2D eigenvalue weighted by atomic mass is 10.1. The minimum atomic E-state index is -0.236. The van der Waals surface area contributed by atoms with Crippen LogP contribution in [0.2, 0.25) is 0 Å². The molecule has 0 radical (unpaired) electrons. The maximum atomic E-state index is 13.6. The van der Waals surface area contributed by atoms with Crippen LogP contribution in [0.5, 0.6) is 0 Å². The van der Waals surface area contributed by atoms with Gasteiger partial charge in [-0.05, 0) is 58.3 Å². The molecule has 0 aliphatic carbocycles. The minimum Gasteiger partial charge on any atom is -0.355 e. The molecule has 156 valence electrons. The number of hydrogen-bond donors (Lipinski definition) is 2. The van der Waals surface area contributed by atoms with Crippen molar-refractivity contribution in [1.82, 2.24) is 20.4 Å². The van der Waals surface area contributed by atoms with Crippen molar-refractivity contribution in [1.29, 1.82) is 0 Å². The molecule has 1 fully saturated rings. The van der Waals surface area contributed by atoms with E-state index in [9.17, 15) is 14.0 Å². The normalized spacial score (nSPS) is 16.4. The summed E-state index contributed by atoms with van der Waals surface area (Å²) in [6.45, 7) is 10.3. The molecule has 1 saturated heterocycles. The second kappa shape index (κ2) is 10.5. The first-order valence-corrected chi connectivity index (χ1v) is 9.99. The molecule has 28 heavy (non-hydrogen) atoms. The zero-order valence-corrected chi connectivity index (χ0v) is 17.3. The van der Waals surface area contributed by atoms with Crippen LogP contribution >= 0.6 is 0 Å². The highest BCUT2D eigenvalue weighted by Gasteiger charge is 2.20. The van der Waals surface area contributed by atoms with Gasteiger partial charge >= 0.3 is 0 Å². The molecule has 6 nitrogen and oxygen atoms in total. The highest BCUT2D eigenvalue weighted by atomic mass is 19.1. The summed E-state index contributed by atoms with van der Waals surface area (Å²) in [5.74, 6) is -0.248. The van der Waals surface area contributed by atoms with Gasteiger partial charge in [-0.25, -0.2) is 4.39 Å². The van der Waals surface area contributed by atoms with Gasteiger partial charge in [-0.1, -0.05) is 18.2 Å². The van der Waals surface area contributed by atoms with E-state index in [0.717, 1.165) is 32.6 Å². The van der Waals surface area contributed by atoms with Crippen LogP contribution in [0, 0.1) is 5.82 Å². The molecule has 0 unspecified atom stereocenters. The number of nitrogens with one attached hydrogen (secondary N) is 2. The van der Waals surface area contributed by atoms with Gasteiger partial charge in [0.05, 0.1) is 13.1 Å². The fourth-order valence-corrected chi connectivity index (χ4v) is 3.30. The van der Waals surface area contributed by atoms with E-state index in [1.54, 1.807) is 18.2 Å². The Morgan fingerprint density at radius 1 is 1.00 bits per heavy atom. The molecule has 1 aliphatic rings. The van der Waals surface area contributed by atoms with E-state index < -0.39 is 0 Å². The van der Waals surface area contributed by atoms with Crippen LogP contribution in [0.25, 0.3) is 0 Å². The first kappa shape index (κ1) is 22.3. The molecule has 0 aromatic heterocycles. The Hall–Kier alpha value is -1.99. The zero-order chi connectivity index (χ0) is 20.6. The van der Waals surface area contributed by atoms with Gasteiger partial charge in [0, 0.05) is 25.2 Å². The number of benzene rings is 1. The molecule has 2 rings (SSSR count). The van der Waals surface area contributed by atoms with Crippen molar-refractivity contribution in [2.75, 3.05) is 45.8 Å². The van der Waals surface area contributed by atoms with Crippen LogP contribution in [0.15, 0.2) is 24.3 Å². The summed E-state index contributed by atoms with van der Waals surface area (Å²) >= 11 is 0. The highest BCUT2D eigenvalue weighted by Crippen LogP contribution is 2.07. The molecular weight excluding hydrogens is 359 g/mol. The lowest BCUT2D eigenvalue weighted by Gasteiger charge is -2.25. The number of halogens is 1. The molecule has 1 aromatic carbocycles. The quantitative estimate of drug-likeness (QED) is 0.736. The molecular formula is C21H33FN4O2. The van der Waals surface area contributed by atoms with E-state index in [1.165, 1.54) is 6.07 Å². The van der Waals surface area contributed by atoms with Crippen LogP contribution in [0.3, 0.4) is 0 Å². The van der Waals surface area contributed by atoms with E-state index in [4.69, 9.17) is 0 Å². The van der Waals surface area contributed by atoms with E-state index in [-0.39, 0.29) is 23.2 Å². The second-order valence-electron chi connectivity index (χ2n) is 8.40. The van der Waals surface area contributed by atoms with Crippen molar-refractivity contribution in [2.24, 2.45) is 0 Å². The van der Waals surface area contributed by atoms with Gasteiger partial charge in [-0.15, -0.1) is 0 Å². The molecule has 2 amide bonds. The third kappa shape index (κ3) is 8.35. The Labute approximate surface area is 167 Å². The van der Waals surface area contributed by atoms with Gasteiger partial charge < -0.3 is 10.6 Å². The monoisotopic (exact) mass is 392 g/mol. The first-order chi connectivity index (χ1) is 13.2. The van der Waals surface area contributed by atoms with Crippen molar-refractivity contribution in [2.45, 2.75) is 39.2 Å². The van der Waals surface area contributed by atoms with E-state index in [2.05, 4.69) is 20.4 Å². The number of amides is 2. The average Bonchev–Trinajstić information content (AvgIpc) is 2.80. The summed E-state index contributed by atoms with van der Waals surface area (Å²) in [6.07, 6.45) is 1.40. The molecule has 2 N–H and O–H groups in total. The maximum absolute atomic E-state index is 13.6. The summed E-state index contributed by atoms with van der Waals surface area (Å²) in [4.78, 5) is 28.5. The van der Waals surface area contributed by atoms with E-state index in [0.29, 0.717) is 31.6 Å². The van der Waals surface area contributed by atoms with Gasteiger partial charge in [0.1, 0.15) is 5.82 Å². The summed E-state index contributed by atoms with van der Waals surface area (Å²) in [7, 11) is 0. The Balaban J connectivity index is 1.68. The van der Waals surface area contributed by atoms with Crippen molar-refractivity contribution in [3.05, 3.63) is 35.6 Å². The third-order valence-corrected chi connectivity index (χ3v) is 4.60. The van der Waals surface area contributed by atoms with E-state index in [1.807, 2.05) is 20.8 Å². The third-order valence-electron chi connectivity index (χ3n) is 4.60. The SMILES string of the molecule is CC(C)(C)NC(=O)CN1CCCN(CC(=O)NCCc2ccccc2F)CC1. The average molecular weight is 393 g/mol. The van der Waals surface area contributed by atoms with Crippen LogP contribution in [0.4, 0.5) is 4.39 Å². The summed E-state index contributed by atoms with van der Waals surface area (Å²) in [5, 5.41) is 5.86. The van der Waals surface area contributed by atoms with Crippen molar-refractivity contribution in [3.8, 4) is 0 Å². The number of nitrogens with zero attached hydrogens (tertiary/aromatic N) is 2. The molecule has 0 spiro atoms. The Bertz CT molecular complexity index is 660. The lowest BCUT2D eigenvalue weighted by molar-refractivity contribution is -0.124. The number of hydrogen-bond acceptors (Lipinski definition) is 4. The number of rotatable bonds is 7. The second-order valence-corrected chi connectivity index (χ2v) is 8.40. The van der Waals surface area contributed by atoms with Crippen LogP contribution < -0.4 is 10.6 Å². The van der Waals surface area contributed by atoms with E-state index >= 15 is 0 Å². The predicted octanol–water partition coefficient (Wildman–Crippen LogP) is 1.41. The first-order valence-electron chi connectivity index (χ1n) is 9.99. The lowest BCUT2D eigenvalue weighted by Crippen LogP contribution is -2.46. The largest absolute Gasteiger partial charge is 0.355 e. The Morgan fingerprint density at radius 2 is 1.61 bits per heavy atom. The summed E-state index contributed by atoms with van der Waals surface area (Å²) in [6, 6.07) is 6.63. The fraction of sp³-hybridized carbons (Fsp3) is 0.619. The van der Waals surface area contributed by atoms with Crippen LogP contribution in [0.1, 0.15) is 32.8 Å². The predicted molar refractivity (Wildman–Crippen MR) is 109 cm³/mol. The van der Waals surface area contributed by atoms with Gasteiger partial charge in [0.15, 0.2) is 0 Å². The van der Waals surface area contributed by atoms with Gasteiger partial charge in [0.25, 0.3) is 0 Å². The molecule has 1 heterocycles. The van der Waals surface area contributed by atoms with Crippen LogP contribution in [-0.4, -0.2) is 73.0 Å². The van der Waals surface area contributed by atoms with Crippen molar-refractivity contribution in [3.63, 3.8) is 0 Å². The Morgan fingerprint density at radius 3 is 2.21 bits per heavy atom. The fourth-order valence-electron chi connectivity index (χ4n) is 3.30. The standard InChI is InChI=1S/C21H33FN4O2/c1-21(2,3)24-20(28)16-26-12-6-11-25(13-14-26)15-19(27)23-10-9-17-7-4-5-8-18(17)22/h4-5,7-8H,6,9-16H2,1-3H3,(H,23,27)(H,24,28). The highest BCUT2D eigenvalue weighted by molar-refractivity contribution is 5.79. The summed E-state index contributed by atoms with van der Waals surface area (Å²) in [5.41, 5.74) is 0.386.